The van der Waals surface area contributed by atoms with E-state index in [0.29, 0.717) is 23.7 Å². The summed E-state index contributed by atoms with van der Waals surface area (Å²) in [5.41, 5.74) is 3.38. The van der Waals surface area contributed by atoms with Crippen LogP contribution in [0, 0.1) is 18.6 Å². The summed E-state index contributed by atoms with van der Waals surface area (Å²) in [6.07, 6.45) is 4.77. The Morgan fingerprint density at radius 1 is 0.911 bits per heavy atom. The Bertz CT molecular complexity index is 2410. The first-order valence-electron chi connectivity index (χ1n) is 18.6. The van der Waals surface area contributed by atoms with E-state index in [-0.39, 0.29) is 58.8 Å². The Morgan fingerprint density at radius 2 is 1.68 bits per heavy atom. The first-order chi connectivity index (χ1) is 26.9. The molecule has 3 aliphatic rings. The third-order valence-electron chi connectivity index (χ3n) is 10.8. The van der Waals surface area contributed by atoms with Gasteiger partial charge in [-0.15, -0.1) is 0 Å². The molecule has 56 heavy (non-hydrogen) atoms. The maximum atomic E-state index is 15.1. The predicted octanol–water partition coefficient (Wildman–Crippen LogP) is 5.30. The van der Waals surface area contributed by atoms with Crippen LogP contribution in [-0.2, 0) is 16.1 Å². The lowest BCUT2D eigenvalue weighted by molar-refractivity contribution is -0.136. The van der Waals surface area contributed by atoms with Gasteiger partial charge < -0.3 is 14.8 Å². The lowest BCUT2D eigenvalue weighted by atomic mass is 10.0. The highest BCUT2D eigenvalue weighted by Crippen LogP contribution is 2.32. The number of benzene rings is 2. The first kappa shape index (κ1) is 36.8. The Hall–Kier alpha value is -6.16. The van der Waals surface area contributed by atoms with Crippen LogP contribution in [-0.4, -0.2) is 90.2 Å². The minimum atomic E-state index is -0.998. The Balaban J connectivity index is 0.881. The van der Waals surface area contributed by atoms with E-state index >= 15 is 8.78 Å². The number of imidazole rings is 1. The summed E-state index contributed by atoms with van der Waals surface area (Å²) in [7, 11) is 2.04. The summed E-state index contributed by atoms with van der Waals surface area (Å²) < 4.78 is 32.1. The molecule has 2 fully saturated rings. The number of hydrogen-bond donors (Lipinski definition) is 2. The van der Waals surface area contributed by atoms with Crippen molar-refractivity contribution in [2.75, 3.05) is 30.4 Å². The Kier molecular flexibility index (Phi) is 9.52. The number of aromatic nitrogens is 5. The van der Waals surface area contributed by atoms with Gasteiger partial charge in [0.1, 0.15) is 28.9 Å². The Labute approximate surface area is 320 Å². The van der Waals surface area contributed by atoms with Crippen molar-refractivity contribution in [2.45, 2.75) is 71.1 Å². The molecule has 0 aliphatic carbocycles. The molecule has 6 heterocycles. The van der Waals surface area contributed by atoms with Crippen molar-refractivity contribution in [2.24, 2.45) is 0 Å². The molecule has 4 amide bonds. The molecule has 2 aromatic carbocycles. The fraction of sp³-hybridized carbons (Fsp3) is 0.350. The van der Waals surface area contributed by atoms with E-state index in [4.69, 9.17) is 0 Å². The van der Waals surface area contributed by atoms with Crippen LogP contribution < -0.4 is 15.5 Å². The number of hydrogen-bond acceptors (Lipinski definition) is 11. The van der Waals surface area contributed by atoms with Crippen LogP contribution in [0.4, 0.5) is 26.2 Å². The van der Waals surface area contributed by atoms with Gasteiger partial charge in [0.05, 0.1) is 34.7 Å². The van der Waals surface area contributed by atoms with Crippen molar-refractivity contribution in [3.8, 4) is 11.3 Å². The molecule has 1 atom stereocenters. The first-order valence-corrected chi connectivity index (χ1v) is 18.6. The van der Waals surface area contributed by atoms with Gasteiger partial charge in [-0.05, 0) is 89.0 Å². The molecule has 0 bridgehead atoms. The quantitative estimate of drug-likeness (QED) is 0.188. The van der Waals surface area contributed by atoms with E-state index in [2.05, 4.69) is 40.4 Å². The summed E-state index contributed by atoms with van der Waals surface area (Å²) in [6, 6.07) is 11.2. The zero-order valence-electron chi connectivity index (χ0n) is 31.3. The number of pyridine rings is 1. The fourth-order valence-corrected chi connectivity index (χ4v) is 8.05. The standard InChI is InChI=1S/C40H40F2N10O4/c1-21(2)51-22(3)45-36-29(41)16-24(17-32(36)51)35-30(42)19-44-40(48-35)46-33-9-6-26(18-43-33)50-13-11-25(12-14-50)49(4)20-23-5-7-27-28(15-23)39(56)52(38(27)55)31-8-10-34(53)47-37(31)54/h5-7,9,15-19,21,25,31H,8,10-14,20H2,1-4H3,(H,47,53,54)(H,43,44,46,48). The highest BCUT2D eigenvalue weighted by molar-refractivity contribution is 6.23. The highest BCUT2D eigenvalue weighted by atomic mass is 19.1. The van der Waals surface area contributed by atoms with Crippen LogP contribution in [0.1, 0.15) is 77.7 Å². The van der Waals surface area contributed by atoms with Gasteiger partial charge in [-0.25, -0.2) is 28.7 Å². The van der Waals surface area contributed by atoms with Gasteiger partial charge >= 0.3 is 0 Å². The van der Waals surface area contributed by atoms with Gasteiger partial charge in [0, 0.05) is 43.7 Å². The zero-order chi connectivity index (χ0) is 39.4. The molecule has 5 aromatic rings. The molecular formula is C40H40F2N10O4. The lowest BCUT2D eigenvalue weighted by Gasteiger charge is -2.37. The van der Waals surface area contributed by atoms with Crippen LogP contribution in [0.15, 0.2) is 54.9 Å². The minimum Gasteiger partial charge on any atom is -0.370 e. The van der Waals surface area contributed by atoms with Gasteiger partial charge in [-0.1, -0.05) is 6.07 Å². The van der Waals surface area contributed by atoms with Crippen molar-refractivity contribution in [1.82, 2.24) is 39.6 Å². The second-order valence-corrected chi connectivity index (χ2v) is 14.8. The van der Waals surface area contributed by atoms with E-state index in [1.165, 1.54) is 6.07 Å². The normalized spacial score (nSPS) is 17.8. The maximum Gasteiger partial charge on any atom is 0.262 e. The van der Waals surface area contributed by atoms with Crippen LogP contribution in [0.25, 0.3) is 22.3 Å². The predicted molar refractivity (Wildman–Crippen MR) is 203 cm³/mol. The zero-order valence-corrected chi connectivity index (χ0v) is 31.3. The van der Waals surface area contributed by atoms with Crippen LogP contribution in [0.5, 0.6) is 0 Å². The SMILES string of the molecule is Cc1nc2c(F)cc(-c3nc(Nc4ccc(N5CCC(N(C)Cc6ccc7c(c6)C(=O)N(C6CCC(=O)NC6=O)C7=O)CC5)cn4)ncc3F)cc2n1C(C)C. The summed E-state index contributed by atoms with van der Waals surface area (Å²) >= 11 is 0. The number of fused-ring (bicyclic) bond motifs is 2. The Morgan fingerprint density at radius 3 is 2.39 bits per heavy atom. The summed E-state index contributed by atoms with van der Waals surface area (Å²) in [5.74, 6) is -2.07. The number of aryl methyl sites for hydroxylation is 1. The second-order valence-electron chi connectivity index (χ2n) is 14.8. The highest BCUT2D eigenvalue weighted by Gasteiger charge is 2.44. The molecule has 2 N–H and O–H groups in total. The van der Waals surface area contributed by atoms with E-state index in [1.807, 2.05) is 44.5 Å². The second kappa shape index (κ2) is 14.5. The molecule has 14 nitrogen and oxygen atoms in total. The number of nitrogens with zero attached hydrogens (tertiary/aromatic N) is 8. The van der Waals surface area contributed by atoms with E-state index in [1.54, 1.807) is 30.5 Å². The van der Waals surface area contributed by atoms with Crippen molar-refractivity contribution >= 4 is 52.1 Å². The summed E-state index contributed by atoms with van der Waals surface area (Å²) in [4.78, 5) is 73.3. The molecule has 0 saturated carbocycles. The molecule has 1 unspecified atom stereocenters. The number of carbonyl (C=O) groups excluding carboxylic acids is 4. The van der Waals surface area contributed by atoms with Crippen LogP contribution >= 0.6 is 0 Å². The molecule has 3 aliphatic heterocycles. The van der Waals surface area contributed by atoms with Gasteiger partial charge in [0.2, 0.25) is 17.8 Å². The third kappa shape index (κ3) is 6.73. The fourth-order valence-electron chi connectivity index (χ4n) is 8.05. The van der Waals surface area contributed by atoms with Gasteiger partial charge in [-0.2, -0.15) is 0 Å². The number of anilines is 3. The average molecular weight is 763 g/mol. The topological polar surface area (TPSA) is 159 Å². The van der Waals surface area contributed by atoms with E-state index in [9.17, 15) is 19.2 Å². The van der Waals surface area contributed by atoms with Gasteiger partial charge in [-0.3, -0.25) is 34.3 Å². The molecule has 2 saturated heterocycles. The average Bonchev–Trinajstić information content (AvgIpc) is 3.64. The molecule has 0 radical (unpaired) electrons. The van der Waals surface area contributed by atoms with Crippen molar-refractivity contribution < 1.29 is 28.0 Å². The number of imide groups is 2. The summed E-state index contributed by atoms with van der Waals surface area (Å²) in [5, 5.41) is 5.26. The monoisotopic (exact) mass is 762 g/mol. The van der Waals surface area contributed by atoms with Crippen LogP contribution in [0.2, 0.25) is 0 Å². The number of carbonyl (C=O) groups is 4. The molecule has 288 valence electrons. The van der Waals surface area contributed by atoms with E-state index in [0.717, 1.165) is 48.3 Å². The number of rotatable bonds is 9. The molecular weight excluding hydrogens is 723 g/mol. The molecule has 0 spiro atoms. The van der Waals surface area contributed by atoms with Crippen molar-refractivity contribution in [1.29, 1.82) is 0 Å². The van der Waals surface area contributed by atoms with E-state index < -0.39 is 41.3 Å². The summed E-state index contributed by atoms with van der Waals surface area (Å²) in [6.45, 7) is 7.92. The molecule has 3 aromatic heterocycles. The van der Waals surface area contributed by atoms with Crippen molar-refractivity contribution in [3.05, 3.63) is 89.0 Å². The van der Waals surface area contributed by atoms with Gasteiger partial charge in [0.25, 0.3) is 11.8 Å². The minimum absolute atomic E-state index is 0.0260. The van der Waals surface area contributed by atoms with Crippen molar-refractivity contribution in [3.63, 3.8) is 0 Å². The maximum absolute atomic E-state index is 15.1. The molecule has 8 rings (SSSR count). The smallest absolute Gasteiger partial charge is 0.262 e. The lowest BCUT2D eigenvalue weighted by Crippen LogP contribution is -2.54. The molecule has 16 heteroatoms. The third-order valence-corrected chi connectivity index (χ3v) is 10.8. The largest absolute Gasteiger partial charge is 0.370 e. The number of halogens is 2. The van der Waals surface area contributed by atoms with Gasteiger partial charge in [0.15, 0.2) is 11.6 Å². The van der Waals surface area contributed by atoms with Crippen LogP contribution in [0.3, 0.4) is 0 Å². The number of piperidine rings is 2. The number of amides is 4. The number of nitrogens with one attached hydrogen (secondary N) is 2.